The van der Waals surface area contributed by atoms with Crippen molar-refractivity contribution in [3.05, 3.63) is 70.7 Å². The van der Waals surface area contributed by atoms with Crippen LogP contribution in [-0.4, -0.2) is 5.11 Å². The van der Waals surface area contributed by atoms with E-state index in [4.69, 9.17) is 4.74 Å². The zero-order chi connectivity index (χ0) is 14.8. The standard InChI is InChI=1S/C18H15BrO2/c1-12(20)17-4-2-3-5-18(17)21-16-9-7-13-10-15(19)8-6-14(13)11-16/h2-12,20H,1H3/t12-/m0/s1. The molecule has 0 aliphatic heterocycles. The van der Waals surface area contributed by atoms with Crippen molar-refractivity contribution in [2.24, 2.45) is 0 Å². The molecular formula is C18H15BrO2. The van der Waals surface area contributed by atoms with Gasteiger partial charge in [-0.15, -0.1) is 0 Å². The largest absolute Gasteiger partial charge is 0.457 e. The highest BCUT2D eigenvalue weighted by molar-refractivity contribution is 9.10. The normalized spacial score (nSPS) is 12.3. The first-order valence-electron chi connectivity index (χ1n) is 6.77. The van der Waals surface area contributed by atoms with Gasteiger partial charge in [0.2, 0.25) is 0 Å². The molecule has 3 aromatic carbocycles. The molecule has 0 spiro atoms. The monoisotopic (exact) mass is 342 g/mol. The van der Waals surface area contributed by atoms with Gasteiger partial charge in [-0.25, -0.2) is 0 Å². The molecule has 106 valence electrons. The fourth-order valence-electron chi connectivity index (χ4n) is 2.30. The molecule has 2 nitrogen and oxygen atoms in total. The van der Waals surface area contributed by atoms with Crippen molar-refractivity contribution in [2.75, 3.05) is 0 Å². The predicted octanol–water partition coefficient (Wildman–Crippen LogP) is 5.45. The molecule has 3 aromatic rings. The molecule has 0 saturated heterocycles. The van der Waals surface area contributed by atoms with Crippen LogP contribution in [0.15, 0.2) is 65.1 Å². The number of para-hydroxylation sites is 1. The molecular weight excluding hydrogens is 328 g/mol. The van der Waals surface area contributed by atoms with Crippen molar-refractivity contribution in [3.8, 4) is 11.5 Å². The molecule has 0 aliphatic rings. The highest BCUT2D eigenvalue weighted by Crippen LogP contribution is 2.31. The molecule has 0 bridgehead atoms. The molecule has 0 aromatic heterocycles. The summed E-state index contributed by atoms with van der Waals surface area (Å²) in [5, 5.41) is 12.1. The number of halogens is 1. The van der Waals surface area contributed by atoms with Crippen LogP contribution < -0.4 is 4.74 Å². The Labute approximate surface area is 132 Å². The Hall–Kier alpha value is -1.84. The molecule has 1 atom stereocenters. The number of ether oxygens (including phenoxy) is 1. The number of rotatable bonds is 3. The minimum atomic E-state index is -0.558. The number of hydrogen-bond acceptors (Lipinski definition) is 2. The van der Waals surface area contributed by atoms with E-state index in [0.717, 1.165) is 26.6 Å². The summed E-state index contributed by atoms with van der Waals surface area (Å²) in [5.74, 6) is 1.45. The van der Waals surface area contributed by atoms with Gasteiger partial charge >= 0.3 is 0 Å². The van der Waals surface area contributed by atoms with E-state index in [1.807, 2.05) is 54.6 Å². The lowest BCUT2D eigenvalue weighted by Crippen LogP contribution is -1.95. The van der Waals surface area contributed by atoms with Crippen molar-refractivity contribution in [1.82, 2.24) is 0 Å². The van der Waals surface area contributed by atoms with Crippen LogP contribution >= 0.6 is 15.9 Å². The molecule has 0 heterocycles. The van der Waals surface area contributed by atoms with Crippen molar-refractivity contribution in [2.45, 2.75) is 13.0 Å². The highest BCUT2D eigenvalue weighted by atomic mass is 79.9. The Balaban J connectivity index is 1.97. The van der Waals surface area contributed by atoms with E-state index >= 15 is 0 Å². The average molecular weight is 343 g/mol. The summed E-state index contributed by atoms with van der Waals surface area (Å²) in [6.45, 7) is 1.74. The molecule has 0 amide bonds. The van der Waals surface area contributed by atoms with E-state index in [2.05, 4.69) is 22.0 Å². The van der Waals surface area contributed by atoms with Crippen molar-refractivity contribution >= 4 is 26.7 Å². The van der Waals surface area contributed by atoms with Gasteiger partial charge in [0.15, 0.2) is 0 Å². The predicted molar refractivity (Wildman–Crippen MR) is 88.8 cm³/mol. The van der Waals surface area contributed by atoms with Gasteiger partial charge in [-0.05, 0) is 48.0 Å². The molecule has 21 heavy (non-hydrogen) atoms. The van der Waals surface area contributed by atoms with E-state index in [9.17, 15) is 5.11 Å². The number of hydrogen-bond donors (Lipinski definition) is 1. The fourth-order valence-corrected chi connectivity index (χ4v) is 2.68. The molecule has 3 rings (SSSR count). The zero-order valence-electron chi connectivity index (χ0n) is 11.6. The Morgan fingerprint density at radius 3 is 2.48 bits per heavy atom. The topological polar surface area (TPSA) is 29.5 Å². The average Bonchev–Trinajstić information content (AvgIpc) is 2.48. The minimum absolute atomic E-state index is 0.558. The first-order valence-corrected chi connectivity index (χ1v) is 7.57. The van der Waals surface area contributed by atoms with Gasteiger partial charge in [0.25, 0.3) is 0 Å². The first-order chi connectivity index (χ1) is 10.1. The van der Waals surface area contributed by atoms with Crippen LogP contribution in [0, 0.1) is 0 Å². The molecule has 0 unspecified atom stereocenters. The number of aliphatic hydroxyl groups is 1. The zero-order valence-corrected chi connectivity index (χ0v) is 13.2. The summed E-state index contributed by atoms with van der Waals surface area (Å²) < 4.78 is 7.00. The molecule has 0 saturated carbocycles. The third-order valence-corrected chi connectivity index (χ3v) is 3.86. The maximum atomic E-state index is 9.80. The number of fused-ring (bicyclic) bond motifs is 1. The molecule has 0 radical (unpaired) electrons. The second kappa shape index (κ2) is 5.88. The van der Waals surface area contributed by atoms with Crippen LogP contribution in [0.2, 0.25) is 0 Å². The molecule has 0 aliphatic carbocycles. The van der Waals surface area contributed by atoms with Gasteiger partial charge in [-0.1, -0.05) is 46.3 Å². The second-order valence-corrected chi connectivity index (χ2v) is 5.88. The van der Waals surface area contributed by atoms with E-state index in [0.29, 0.717) is 5.75 Å². The lowest BCUT2D eigenvalue weighted by atomic mass is 10.1. The first kappa shape index (κ1) is 14.1. The summed E-state index contributed by atoms with van der Waals surface area (Å²) >= 11 is 3.47. The van der Waals surface area contributed by atoms with Gasteiger partial charge in [0.05, 0.1) is 6.10 Å². The van der Waals surface area contributed by atoms with Crippen LogP contribution in [0.1, 0.15) is 18.6 Å². The molecule has 1 N–H and O–H groups in total. The van der Waals surface area contributed by atoms with Crippen molar-refractivity contribution in [3.63, 3.8) is 0 Å². The Kier molecular flexibility index (Phi) is 3.95. The summed E-state index contributed by atoms with van der Waals surface area (Å²) in [7, 11) is 0. The third-order valence-electron chi connectivity index (χ3n) is 3.37. The van der Waals surface area contributed by atoms with Gasteiger partial charge in [0, 0.05) is 10.0 Å². The third kappa shape index (κ3) is 3.09. The van der Waals surface area contributed by atoms with Crippen LogP contribution in [0.5, 0.6) is 11.5 Å². The summed E-state index contributed by atoms with van der Waals surface area (Å²) in [6, 6.07) is 19.6. The number of benzene rings is 3. The van der Waals surface area contributed by atoms with E-state index < -0.39 is 6.10 Å². The van der Waals surface area contributed by atoms with E-state index in [-0.39, 0.29) is 0 Å². The second-order valence-electron chi connectivity index (χ2n) is 4.97. The Morgan fingerprint density at radius 2 is 1.67 bits per heavy atom. The molecule has 3 heteroatoms. The summed E-state index contributed by atoms with van der Waals surface area (Å²) in [4.78, 5) is 0. The lowest BCUT2D eigenvalue weighted by Gasteiger charge is -2.13. The quantitative estimate of drug-likeness (QED) is 0.685. The van der Waals surface area contributed by atoms with Crippen LogP contribution in [0.4, 0.5) is 0 Å². The Morgan fingerprint density at radius 1 is 0.952 bits per heavy atom. The fraction of sp³-hybridized carbons (Fsp3) is 0.111. The maximum absolute atomic E-state index is 9.80. The van der Waals surface area contributed by atoms with Crippen LogP contribution in [0.25, 0.3) is 10.8 Å². The van der Waals surface area contributed by atoms with Gasteiger partial charge in [-0.3, -0.25) is 0 Å². The molecule has 0 fully saturated rings. The van der Waals surface area contributed by atoms with Gasteiger partial charge in [-0.2, -0.15) is 0 Å². The van der Waals surface area contributed by atoms with Crippen molar-refractivity contribution < 1.29 is 9.84 Å². The van der Waals surface area contributed by atoms with Crippen molar-refractivity contribution in [1.29, 1.82) is 0 Å². The number of aliphatic hydroxyl groups excluding tert-OH is 1. The smallest absolute Gasteiger partial charge is 0.133 e. The van der Waals surface area contributed by atoms with E-state index in [1.165, 1.54) is 0 Å². The SMILES string of the molecule is C[C@H](O)c1ccccc1Oc1ccc2cc(Br)ccc2c1. The van der Waals surface area contributed by atoms with E-state index in [1.54, 1.807) is 6.92 Å². The van der Waals surface area contributed by atoms with Crippen LogP contribution in [0.3, 0.4) is 0 Å². The summed E-state index contributed by atoms with van der Waals surface area (Å²) in [5.41, 5.74) is 0.786. The highest BCUT2D eigenvalue weighted by Gasteiger charge is 2.09. The van der Waals surface area contributed by atoms with Gasteiger partial charge in [0.1, 0.15) is 11.5 Å². The maximum Gasteiger partial charge on any atom is 0.133 e. The Bertz CT molecular complexity index is 781. The minimum Gasteiger partial charge on any atom is -0.457 e. The van der Waals surface area contributed by atoms with Crippen LogP contribution in [-0.2, 0) is 0 Å². The lowest BCUT2D eigenvalue weighted by molar-refractivity contribution is 0.195. The van der Waals surface area contributed by atoms with Gasteiger partial charge < -0.3 is 9.84 Å². The summed E-state index contributed by atoms with van der Waals surface area (Å²) in [6.07, 6.45) is -0.558.